The fourth-order valence-electron chi connectivity index (χ4n) is 3.55. The highest BCUT2D eigenvalue weighted by Crippen LogP contribution is 2.37. The second-order valence-corrected chi connectivity index (χ2v) is 9.40. The molecule has 0 aliphatic heterocycles. The van der Waals surface area contributed by atoms with E-state index >= 15 is 0 Å². The lowest BCUT2D eigenvalue weighted by Crippen LogP contribution is -2.43. The topological polar surface area (TPSA) is 122 Å². The first-order valence-corrected chi connectivity index (χ1v) is 12.5. The predicted molar refractivity (Wildman–Crippen MR) is 125 cm³/mol. The van der Waals surface area contributed by atoms with Gasteiger partial charge in [-0.15, -0.1) is 0 Å². The van der Waals surface area contributed by atoms with Gasteiger partial charge in [-0.25, -0.2) is 0 Å². The molecule has 2 rings (SSSR count). The van der Waals surface area contributed by atoms with Crippen LogP contribution in [0.4, 0.5) is 18.9 Å². The van der Waals surface area contributed by atoms with Crippen LogP contribution in [0, 0.1) is 5.41 Å². The molecule has 0 saturated carbocycles. The number of esters is 2. The molecule has 0 aromatic heterocycles. The van der Waals surface area contributed by atoms with Gasteiger partial charge in [0.2, 0.25) is 0 Å². The summed E-state index contributed by atoms with van der Waals surface area (Å²) in [5.41, 5.74) is -0.803. The second kappa shape index (κ2) is 12.1. The van der Waals surface area contributed by atoms with Gasteiger partial charge >= 0.3 is 27.6 Å². The number of aryl methyl sites for hydroxylation is 2. The van der Waals surface area contributed by atoms with Gasteiger partial charge in [-0.05, 0) is 68.9 Å². The molecule has 2 aromatic rings. The number of carbonyl (C=O) groups is 2. The van der Waals surface area contributed by atoms with Crippen LogP contribution in [0.15, 0.2) is 48.5 Å². The van der Waals surface area contributed by atoms with Crippen LogP contribution in [-0.2, 0) is 42.0 Å². The highest BCUT2D eigenvalue weighted by Gasteiger charge is 2.50. The van der Waals surface area contributed by atoms with Crippen molar-refractivity contribution in [2.45, 2.75) is 45.0 Å². The van der Waals surface area contributed by atoms with Crippen molar-refractivity contribution in [3.05, 3.63) is 59.7 Å². The monoisotopic (exact) mass is 531 g/mol. The summed E-state index contributed by atoms with van der Waals surface area (Å²) in [6.07, 6.45) is -0.223. The second-order valence-electron chi connectivity index (χ2n) is 7.86. The fourth-order valence-corrected chi connectivity index (χ4v) is 4.04. The molecule has 0 amide bonds. The van der Waals surface area contributed by atoms with Gasteiger partial charge < -0.3 is 19.4 Å². The van der Waals surface area contributed by atoms with Crippen molar-refractivity contribution < 1.29 is 44.8 Å². The van der Waals surface area contributed by atoms with Crippen LogP contribution >= 0.6 is 0 Å². The first-order valence-electron chi connectivity index (χ1n) is 11.1. The van der Waals surface area contributed by atoms with Gasteiger partial charge in [0.05, 0.1) is 13.2 Å². The summed E-state index contributed by atoms with van der Waals surface area (Å²) >= 11 is 0. The first kappa shape index (κ1) is 29.0. The lowest BCUT2D eigenvalue weighted by Gasteiger charge is -2.29. The van der Waals surface area contributed by atoms with Gasteiger partial charge in [0.1, 0.15) is 5.75 Å². The lowest BCUT2D eigenvalue weighted by atomic mass is 9.77. The van der Waals surface area contributed by atoms with Crippen LogP contribution in [0.25, 0.3) is 0 Å². The van der Waals surface area contributed by atoms with Crippen LogP contribution in [0.2, 0.25) is 0 Å². The fraction of sp³-hybridized carbons (Fsp3) is 0.417. The molecular weight excluding hydrogens is 503 g/mol. The summed E-state index contributed by atoms with van der Waals surface area (Å²) < 4.78 is 76.5. The van der Waals surface area contributed by atoms with E-state index in [1.165, 1.54) is 12.1 Å². The number of anilines is 1. The standard InChI is InChI=1S/C24H28F3NO7S/c1-3-33-21(29)23(22(30)34-4-2,14-12-17-8-6-5-7-9-17)15-13-18-16-19(28)10-11-20(18)35-36(31,32)24(25,26)27/h5-11,16H,3-4,12-15,28H2,1-2H3. The highest BCUT2D eigenvalue weighted by molar-refractivity contribution is 7.88. The van der Waals surface area contributed by atoms with Crippen molar-refractivity contribution >= 4 is 27.7 Å². The summed E-state index contributed by atoms with van der Waals surface area (Å²) in [5.74, 6) is -2.33. The molecule has 198 valence electrons. The van der Waals surface area contributed by atoms with Crippen molar-refractivity contribution in [1.82, 2.24) is 0 Å². The zero-order chi connectivity index (χ0) is 27.0. The molecule has 0 spiro atoms. The van der Waals surface area contributed by atoms with E-state index in [-0.39, 0.29) is 43.7 Å². The SMILES string of the molecule is CCOC(=O)C(CCc1ccccc1)(CCc1cc(N)ccc1OS(=O)(=O)C(F)(F)F)C(=O)OCC. The van der Waals surface area contributed by atoms with Crippen molar-refractivity contribution in [3.63, 3.8) is 0 Å². The van der Waals surface area contributed by atoms with Gasteiger partial charge in [0, 0.05) is 5.69 Å². The molecule has 36 heavy (non-hydrogen) atoms. The van der Waals surface area contributed by atoms with Gasteiger partial charge in [0.15, 0.2) is 5.41 Å². The summed E-state index contributed by atoms with van der Waals surface area (Å²) in [5, 5.41) is 0. The Labute approximate surface area is 207 Å². The van der Waals surface area contributed by atoms with E-state index in [4.69, 9.17) is 15.2 Å². The number of carbonyl (C=O) groups excluding carboxylic acids is 2. The summed E-state index contributed by atoms with van der Waals surface area (Å²) in [7, 11) is -5.96. The molecule has 0 unspecified atom stereocenters. The quantitative estimate of drug-likeness (QED) is 0.142. The first-order chi connectivity index (χ1) is 16.9. The van der Waals surface area contributed by atoms with E-state index in [1.807, 2.05) is 18.2 Å². The summed E-state index contributed by atoms with van der Waals surface area (Å²) in [4.78, 5) is 26.2. The van der Waals surface area contributed by atoms with E-state index < -0.39 is 38.7 Å². The predicted octanol–water partition coefficient (Wildman–Crippen LogP) is 4.18. The minimum Gasteiger partial charge on any atom is -0.465 e. The van der Waals surface area contributed by atoms with Gasteiger partial charge in [-0.3, -0.25) is 9.59 Å². The molecule has 2 N–H and O–H groups in total. The van der Waals surface area contributed by atoms with Crippen LogP contribution in [-0.4, -0.2) is 39.1 Å². The lowest BCUT2D eigenvalue weighted by molar-refractivity contribution is -0.173. The maximum absolute atomic E-state index is 13.1. The third-order valence-corrected chi connectivity index (χ3v) is 6.37. The molecule has 0 fully saturated rings. The third-order valence-electron chi connectivity index (χ3n) is 5.40. The van der Waals surface area contributed by atoms with Crippen LogP contribution in [0.1, 0.15) is 37.8 Å². The number of nitrogens with two attached hydrogens (primary N) is 1. The molecule has 0 saturated heterocycles. The molecule has 0 aliphatic carbocycles. The summed E-state index contributed by atoms with van der Waals surface area (Å²) in [6, 6.07) is 12.4. The maximum atomic E-state index is 13.1. The van der Waals surface area contributed by atoms with Crippen LogP contribution in [0.5, 0.6) is 5.75 Å². The van der Waals surface area contributed by atoms with Crippen molar-refractivity contribution in [2.75, 3.05) is 18.9 Å². The normalized spacial score (nSPS) is 12.1. The average Bonchev–Trinajstić information content (AvgIpc) is 2.81. The molecule has 0 atom stereocenters. The van der Waals surface area contributed by atoms with E-state index in [0.29, 0.717) is 6.42 Å². The Morgan fingerprint density at radius 3 is 1.97 bits per heavy atom. The number of benzene rings is 2. The molecule has 12 heteroatoms. The Morgan fingerprint density at radius 1 is 0.889 bits per heavy atom. The number of ether oxygens (including phenoxy) is 2. The summed E-state index contributed by atoms with van der Waals surface area (Å²) in [6.45, 7) is 3.08. The minimum absolute atomic E-state index is 0.0198. The maximum Gasteiger partial charge on any atom is 0.534 e. The molecular formula is C24H28F3NO7S. The Balaban J connectivity index is 2.46. The molecule has 0 aliphatic rings. The Hall–Kier alpha value is -3.28. The van der Waals surface area contributed by atoms with E-state index in [2.05, 4.69) is 4.18 Å². The van der Waals surface area contributed by atoms with Crippen LogP contribution in [0.3, 0.4) is 0 Å². The number of rotatable bonds is 12. The van der Waals surface area contributed by atoms with Gasteiger partial charge in [-0.2, -0.15) is 21.6 Å². The zero-order valence-corrected chi connectivity index (χ0v) is 20.7. The highest BCUT2D eigenvalue weighted by atomic mass is 32.2. The molecule has 2 aromatic carbocycles. The number of halogens is 3. The Bertz CT molecular complexity index is 1130. The Morgan fingerprint density at radius 2 is 1.44 bits per heavy atom. The van der Waals surface area contributed by atoms with Gasteiger partial charge in [-0.1, -0.05) is 30.3 Å². The van der Waals surface area contributed by atoms with Crippen molar-refractivity contribution in [1.29, 1.82) is 0 Å². The van der Waals surface area contributed by atoms with E-state index in [0.717, 1.165) is 11.6 Å². The van der Waals surface area contributed by atoms with Crippen LogP contribution < -0.4 is 9.92 Å². The number of alkyl halides is 3. The zero-order valence-electron chi connectivity index (χ0n) is 19.8. The molecule has 0 radical (unpaired) electrons. The smallest absolute Gasteiger partial charge is 0.465 e. The third kappa shape index (κ3) is 7.12. The van der Waals surface area contributed by atoms with Crippen molar-refractivity contribution in [3.8, 4) is 5.75 Å². The van der Waals surface area contributed by atoms with E-state index in [1.54, 1.807) is 26.0 Å². The average molecular weight is 532 g/mol. The molecule has 0 bridgehead atoms. The number of hydrogen-bond acceptors (Lipinski definition) is 8. The van der Waals surface area contributed by atoms with Crippen molar-refractivity contribution in [2.24, 2.45) is 5.41 Å². The number of nitrogen functional groups attached to an aromatic ring is 1. The van der Waals surface area contributed by atoms with Gasteiger partial charge in [0.25, 0.3) is 0 Å². The molecule has 8 nitrogen and oxygen atoms in total. The Kier molecular flexibility index (Phi) is 9.74. The number of hydrogen-bond donors (Lipinski definition) is 1. The minimum atomic E-state index is -5.96. The molecule has 0 heterocycles. The largest absolute Gasteiger partial charge is 0.534 e. The van der Waals surface area contributed by atoms with E-state index in [9.17, 15) is 31.2 Å².